The Balaban J connectivity index is 1.81. The number of fused-ring (bicyclic) bond motifs is 1. The van der Waals surface area contributed by atoms with Crippen LogP contribution in [0.4, 0.5) is 11.8 Å². The molecule has 1 aromatic heterocycles. The third-order valence-electron chi connectivity index (χ3n) is 3.54. The van der Waals surface area contributed by atoms with E-state index in [2.05, 4.69) is 14.9 Å². The van der Waals surface area contributed by atoms with E-state index in [-0.39, 0.29) is 5.95 Å². The van der Waals surface area contributed by atoms with Crippen molar-refractivity contribution < 1.29 is 0 Å². The Kier molecular flexibility index (Phi) is 3.46. The Labute approximate surface area is 122 Å². The molecule has 0 radical (unpaired) electrons. The standard InChI is InChI=1S/C14H16ClN5/c15-11-4-2-1-3-9(11)7-20-6-5-12-10(8-20)13(16)19-14(17)18-12/h1-4H,5-8H2,(H4,16,17,18,19). The Bertz CT molecular complexity index is 643. The van der Waals surface area contributed by atoms with Crippen LogP contribution in [-0.4, -0.2) is 21.4 Å². The number of hydrogen-bond acceptors (Lipinski definition) is 5. The second kappa shape index (κ2) is 5.26. The fourth-order valence-electron chi connectivity index (χ4n) is 2.52. The third kappa shape index (κ3) is 2.55. The largest absolute Gasteiger partial charge is 0.383 e. The molecule has 0 bridgehead atoms. The van der Waals surface area contributed by atoms with Crippen molar-refractivity contribution in [3.63, 3.8) is 0 Å². The Morgan fingerprint density at radius 3 is 2.80 bits per heavy atom. The summed E-state index contributed by atoms with van der Waals surface area (Å²) in [5, 5.41) is 0.792. The maximum atomic E-state index is 6.20. The van der Waals surface area contributed by atoms with Crippen molar-refractivity contribution in [3.8, 4) is 0 Å². The highest BCUT2D eigenvalue weighted by Gasteiger charge is 2.21. The van der Waals surface area contributed by atoms with Gasteiger partial charge in [-0.15, -0.1) is 0 Å². The van der Waals surface area contributed by atoms with Crippen LogP contribution in [0.3, 0.4) is 0 Å². The second-order valence-electron chi connectivity index (χ2n) is 4.94. The Morgan fingerprint density at radius 2 is 2.00 bits per heavy atom. The van der Waals surface area contributed by atoms with Gasteiger partial charge in [-0.2, -0.15) is 4.98 Å². The van der Waals surface area contributed by atoms with E-state index in [0.717, 1.165) is 47.9 Å². The summed E-state index contributed by atoms with van der Waals surface area (Å²) >= 11 is 6.20. The Hall–Kier alpha value is -1.85. The van der Waals surface area contributed by atoms with Gasteiger partial charge < -0.3 is 11.5 Å². The second-order valence-corrected chi connectivity index (χ2v) is 5.35. The van der Waals surface area contributed by atoms with Gasteiger partial charge in [0.1, 0.15) is 5.82 Å². The van der Waals surface area contributed by atoms with Gasteiger partial charge >= 0.3 is 0 Å². The fourth-order valence-corrected chi connectivity index (χ4v) is 2.71. The van der Waals surface area contributed by atoms with E-state index < -0.39 is 0 Å². The van der Waals surface area contributed by atoms with Gasteiger partial charge in [0, 0.05) is 36.6 Å². The molecule has 1 aliphatic heterocycles. The zero-order valence-corrected chi connectivity index (χ0v) is 11.8. The summed E-state index contributed by atoms with van der Waals surface area (Å²) in [6.45, 7) is 2.43. The molecule has 20 heavy (non-hydrogen) atoms. The first-order valence-electron chi connectivity index (χ1n) is 6.50. The summed E-state index contributed by atoms with van der Waals surface area (Å²) in [5.74, 6) is 0.733. The topological polar surface area (TPSA) is 81.1 Å². The summed E-state index contributed by atoms with van der Waals surface area (Å²) < 4.78 is 0. The molecule has 2 heterocycles. The predicted molar refractivity (Wildman–Crippen MR) is 80.1 cm³/mol. The minimum atomic E-state index is 0.251. The molecule has 104 valence electrons. The quantitative estimate of drug-likeness (QED) is 0.882. The molecular weight excluding hydrogens is 274 g/mol. The third-order valence-corrected chi connectivity index (χ3v) is 3.91. The van der Waals surface area contributed by atoms with Crippen LogP contribution in [0.25, 0.3) is 0 Å². The van der Waals surface area contributed by atoms with Crippen molar-refractivity contribution in [2.45, 2.75) is 19.5 Å². The number of nitrogens with two attached hydrogens (primary N) is 2. The highest BCUT2D eigenvalue weighted by Crippen LogP contribution is 2.25. The van der Waals surface area contributed by atoms with E-state index in [0.29, 0.717) is 5.82 Å². The van der Waals surface area contributed by atoms with Crippen molar-refractivity contribution in [3.05, 3.63) is 46.1 Å². The number of hydrogen-bond donors (Lipinski definition) is 2. The number of rotatable bonds is 2. The molecule has 0 saturated carbocycles. The molecule has 0 amide bonds. The number of nitrogens with zero attached hydrogens (tertiary/aromatic N) is 3. The molecule has 0 atom stereocenters. The number of benzene rings is 1. The maximum absolute atomic E-state index is 6.20. The molecule has 5 nitrogen and oxygen atoms in total. The van der Waals surface area contributed by atoms with E-state index in [1.807, 2.05) is 24.3 Å². The first kappa shape index (κ1) is 13.1. The van der Waals surface area contributed by atoms with Crippen LogP contribution >= 0.6 is 11.6 Å². The van der Waals surface area contributed by atoms with E-state index in [1.54, 1.807) is 0 Å². The lowest BCUT2D eigenvalue weighted by atomic mass is 10.1. The smallest absolute Gasteiger partial charge is 0.222 e. The van der Waals surface area contributed by atoms with Crippen LogP contribution in [0.1, 0.15) is 16.8 Å². The number of anilines is 2. The summed E-state index contributed by atoms with van der Waals surface area (Å²) in [6.07, 6.45) is 0.830. The molecule has 1 aliphatic rings. The molecule has 2 aromatic rings. The van der Waals surface area contributed by atoms with Gasteiger partial charge in [-0.25, -0.2) is 4.98 Å². The molecule has 0 fully saturated rings. The fraction of sp³-hybridized carbons (Fsp3) is 0.286. The van der Waals surface area contributed by atoms with E-state index in [1.165, 1.54) is 0 Å². The number of nitrogen functional groups attached to an aromatic ring is 2. The zero-order chi connectivity index (χ0) is 14.1. The SMILES string of the molecule is Nc1nc(N)c2c(n1)CCN(Cc1ccccc1Cl)C2. The average molecular weight is 290 g/mol. The van der Waals surface area contributed by atoms with Crippen LogP contribution in [0.2, 0.25) is 5.02 Å². The van der Waals surface area contributed by atoms with Gasteiger partial charge in [0.05, 0.1) is 5.69 Å². The molecule has 0 aliphatic carbocycles. The molecule has 1 aromatic carbocycles. The number of aromatic nitrogens is 2. The van der Waals surface area contributed by atoms with E-state index in [9.17, 15) is 0 Å². The highest BCUT2D eigenvalue weighted by molar-refractivity contribution is 6.31. The minimum absolute atomic E-state index is 0.251. The highest BCUT2D eigenvalue weighted by atomic mass is 35.5. The average Bonchev–Trinajstić information content (AvgIpc) is 2.42. The molecule has 0 saturated heterocycles. The van der Waals surface area contributed by atoms with Gasteiger partial charge in [-0.1, -0.05) is 29.8 Å². The molecule has 4 N–H and O–H groups in total. The van der Waals surface area contributed by atoms with Crippen molar-refractivity contribution in [1.29, 1.82) is 0 Å². The summed E-state index contributed by atoms with van der Waals surface area (Å²) in [6, 6.07) is 7.89. The van der Waals surface area contributed by atoms with E-state index >= 15 is 0 Å². The lowest BCUT2D eigenvalue weighted by Gasteiger charge is -2.28. The zero-order valence-electron chi connectivity index (χ0n) is 11.0. The summed E-state index contributed by atoms with van der Waals surface area (Å²) in [5.41, 5.74) is 14.6. The van der Waals surface area contributed by atoms with Crippen LogP contribution < -0.4 is 11.5 Å². The minimum Gasteiger partial charge on any atom is -0.383 e. The maximum Gasteiger partial charge on any atom is 0.222 e. The predicted octanol–water partition coefficient (Wildman–Crippen LogP) is 1.85. The lowest BCUT2D eigenvalue weighted by Crippen LogP contribution is -2.32. The van der Waals surface area contributed by atoms with Crippen LogP contribution in [-0.2, 0) is 19.5 Å². The van der Waals surface area contributed by atoms with Crippen molar-refractivity contribution in [2.24, 2.45) is 0 Å². The first-order valence-corrected chi connectivity index (χ1v) is 6.88. The summed E-state index contributed by atoms with van der Waals surface area (Å²) in [4.78, 5) is 10.6. The van der Waals surface area contributed by atoms with Crippen LogP contribution in [0.15, 0.2) is 24.3 Å². The molecule has 0 spiro atoms. The monoisotopic (exact) mass is 289 g/mol. The molecule has 0 unspecified atom stereocenters. The van der Waals surface area contributed by atoms with Crippen LogP contribution in [0, 0.1) is 0 Å². The van der Waals surface area contributed by atoms with Crippen molar-refractivity contribution in [2.75, 3.05) is 18.0 Å². The van der Waals surface area contributed by atoms with Crippen LogP contribution in [0.5, 0.6) is 0 Å². The number of halogens is 1. The van der Waals surface area contributed by atoms with Crippen molar-refractivity contribution in [1.82, 2.24) is 14.9 Å². The van der Waals surface area contributed by atoms with Gasteiger partial charge in [0.15, 0.2) is 0 Å². The van der Waals surface area contributed by atoms with Gasteiger partial charge in [-0.05, 0) is 11.6 Å². The first-order chi connectivity index (χ1) is 9.63. The van der Waals surface area contributed by atoms with Gasteiger partial charge in [-0.3, -0.25) is 4.90 Å². The molecular formula is C14H16ClN5. The van der Waals surface area contributed by atoms with E-state index in [4.69, 9.17) is 23.1 Å². The Morgan fingerprint density at radius 1 is 1.20 bits per heavy atom. The molecule has 3 rings (SSSR count). The lowest BCUT2D eigenvalue weighted by molar-refractivity contribution is 0.244. The van der Waals surface area contributed by atoms with Gasteiger partial charge in [0.2, 0.25) is 5.95 Å². The normalized spacial score (nSPS) is 15.1. The summed E-state index contributed by atoms with van der Waals surface area (Å²) in [7, 11) is 0. The van der Waals surface area contributed by atoms with Gasteiger partial charge in [0.25, 0.3) is 0 Å². The van der Waals surface area contributed by atoms with Crippen molar-refractivity contribution >= 4 is 23.4 Å². The molecule has 6 heteroatoms.